The molecule has 2 aromatic carbocycles. The summed E-state index contributed by atoms with van der Waals surface area (Å²) in [6, 6.07) is 20.1. The van der Waals surface area contributed by atoms with E-state index in [0.717, 1.165) is 21.4 Å². The number of aromatic nitrogens is 3. The number of benzene rings is 2. The molecule has 3 aromatic rings. The average molecular weight is 498 g/mol. The van der Waals surface area contributed by atoms with Crippen molar-refractivity contribution in [1.29, 1.82) is 5.26 Å². The van der Waals surface area contributed by atoms with Crippen LogP contribution in [0.15, 0.2) is 64.2 Å². The van der Waals surface area contributed by atoms with Gasteiger partial charge in [-0.1, -0.05) is 90.1 Å². The number of amides is 1. The van der Waals surface area contributed by atoms with Crippen molar-refractivity contribution in [3.05, 3.63) is 64.6 Å². The van der Waals surface area contributed by atoms with Crippen molar-refractivity contribution in [2.24, 2.45) is 5.92 Å². The van der Waals surface area contributed by atoms with Gasteiger partial charge in [-0.25, -0.2) is 0 Å². The minimum absolute atomic E-state index is 0.00443. The first kappa shape index (κ1) is 23.0. The summed E-state index contributed by atoms with van der Waals surface area (Å²) in [5, 5.41) is 21.7. The highest BCUT2D eigenvalue weighted by molar-refractivity contribution is 9.10. The van der Waals surface area contributed by atoms with Crippen LogP contribution in [0.25, 0.3) is 11.4 Å². The third-order valence-electron chi connectivity index (χ3n) is 5.13. The van der Waals surface area contributed by atoms with Gasteiger partial charge < -0.3 is 5.32 Å². The van der Waals surface area contributed by atoms with Crippen LogP contribution in [0.2, 0.25) is 0 Å². The molecule has 0 unspecified atom stereocenters. The van der Waals surface area contributed by atoms with E-state index in [9.17, 15) is 10.1 Å². The second-order valence-electron chi connectivity index (χ2n) is 7.66. The number of nitriles is 1. The molecule has 1 heterocycles. The standard InChI is InChI=1S/C23H24BrN5OS/c1-16(2)23(3,15-25)26-20(30)14-31-22-28-27-21(18-11-7-8-12-19(18)24)29(22)13-17-9-5-4-6-10-17/h4-12,16H,13-14H2,1-3H3,(H,26,30)/t23-/m0/s1. The van der Waals surface area contributed by atoms with E-state index in [0.29, 0.717) is 11.7 Å². The Balaban J connectivity index is 1.86. The number of hydrogen-bond acceptors (Lipinski definition) is 5. The Labute approximate surface area is 195 Å². The van der Waals surface area contributed by atoms with Gasteiger partial charge in [-0.2, -0.15) is 5.26 Å². The van der Waals surface area contributed by atoms with E-state index < -0.39 is 5.54 Å². The van der Waals surface area contributed by atoms with Gasteiger partial charge >= 0.3 is 0 Å². The number of carbonyl (C=O) groups is 1. The van der Waals surface area contributed by atoms with E-state index in [4.69, 9.17) is 0 Å². The Bertz CT molecular complexity index is 1090. The van der Waals surface area contributed by atoms with Gasteiger partial charge in [0.2, 0.25) is 5.91 Å². The van der Waals surface area contributed by atoms with Crippen molar-refractivity contribution in [2.45, 2.75) is 38.0 Å². The largest absolute Gasteiger partial charge is 0.337 e. The van der Waals surface area contributed by atoms with E-state index in [1.165, 1.54) is 11.8 Å². The second kappa shape index (κ2) is 10.1. The summed E-state index contributed by atoms with van der Waals surface area (Å²) in [5.41, 5.74) is 1.13. The lowest BCUT2D eigenvalue weighted by atomic mass is 9.90. The zero-order valence-corrected chi connectivity index (χ0v) is 20.1. The van der Waals surface area contributed by atoms with Crippen molar-refractivity contribution >= 4 is 33.6 Å². The molecular weight excluding hydrogens is 474 g/mol. The summed E-state index contributed by atoms with van der Waals surface area (Å²) in [7, 11) is 0. The molecule has 3 rings (SSSR count). The van der Waals surface area contributed by atoms with Crippen LogP contribution in [-0.4, -0.2) is 32.0 Å². The fraction of sp³-hybridized carbons (Fsp3) is 0.304. The molecule has 0 aliphatic carbocycles. The van der Waals surface area contributed by atoms with Gasteiger partial charge in [0.15, 0.2) is 11.0 Å². The first-order valence-electron chi connectivity index (χ1n) is 9.91. The SMILES string of the molecule is CC(C)[C@](C)(C#N)NC(=O)CSc1nnc(-c2ccccc2Br)n1Cc1ccccc1. The summed E-state index contributed by atoms with van der Waals surface area (Å²) in [5.74, 6) is 0.658. The third kappa shape index (κ3) is 5.54. The molecule has 1 aromatic heterocycles. The maximum Gasteiger partial charge on any atom is 0.231 e. The lowest BCUT2D eigenvalue weighted by molar-refractivity contribution is -0.120. The quantitative estimate of drug-likeness (QED) is 0.447. The van der Waals surface area contributed by atoms with Crippen molar-refractivity contribution < 1.29 is 4.79 Å². The van der Waals surface area contributed by atoms with Crippen LogP contribution >= 0.6 is 27.7 Å². The number of hydrogen-bond donors (Lipinski definition) is 1. The zero-order valence-electron chi connectivity index (χ0n) is 17.7. The predicted octanol–water partition coefficient (Wildman–Crippen LogP) is 4.90. The molecule has 0 saturated carbocycles. The van der Waals surface area contributed by atoms with Gasteiger partial charge in [0.25, 0.3) is 0 Å². The van der Waals surface area contributed by atoms with Gasteiger partial charge in [-0.15, -0.1) is 10.2 Å². The van der Waals surface area contributed by atoms with Gasteiger partial charge in [0.1, 0.15) is 5.54 Å². The molecule has 0 bridgehead atoms. The molecule has 0 radical (unpaired) electrons. The Morgan fingerprint density at radius 1 is 1.19 bits per heavy atom. The Morgan fingerprint density at radius 3 is 2.52 bits per heavy atom. The van der Waals surface area contributed by atoms with Crippen molar-refractivity contribution in [3.63, 3.8) is 0 Å². The predicted molar refractivity (Wildman–Crippen MR) is 126 cm³/mol. The minimum Gasteiger partial charge on any atom is -0.337 e. The Hall–Kier alpha value is -2.63. The lowest BCUT2D eigenvalue weighted by Crippen LogP contribution is -2.49. The van der Waals surface area contributed by atoms with Crippen LogP contribution in [0.3, 0.4) is 0 Å². The molecule has 0 saturated heterocycles. The van der Waals surface area contributed by atoms with Crippen LogP contribution in [0.4, 0.5) is 0 Å². The smallest absolute Gasteiger partial charge is 0.231 e. The molecule has 160 valence electrons. The first-order valence-corrected chi connectivity index (χ1v) is 11.7. The first-order chi connectivity index (χ1) is 14.8. The molecule has 0 aliphatic heterocycles. The number of nitrogens with one attached hydrogen (secondary N) is 1. The fourth-order valence-electron chi connectivity index (χ4n) is 2.90. The molecule has 0 fully saturated rings. The number of halogens is 1. The highest BCUT2D eigenvalue weighted by Crippen LogP contribution is 2.30. The van der Waals surface area contributed by atoms with Crippen LogP contribution in [0.1, 0.15) is 26.3 Å². The number of carbonyl (C=O) groups excluding carboxylic acids is 1. The Kier molecular flexibility index (Phi) is 7.52. The normalized spacial score (nSPS) is 12.9. The van der Waals surface area contributed by atoms with Gasteiger partial charge in [-0.3, -0.25) is 9.36 Å². The monoisotopic (exact) mass is 497 g/mol. The summed E-state index contributed by atoms with van der Waals surface area (Å²) in [4.78, 5) is 12.5. The van der Waals surface area contributed by atoms with Crippen molar-refractivity contribution in [1.82, 2.24) is 20.1 Å². The van der Waals surface area contributed by atoms with Crippen LogP contribution in [0.5, 0.6) is 0 Å². The van der Waals surface area contributed by atoms with E-state index in [-0.39, 0.29) is 17.6 Å². The molecule has 0 spiro atoms. The van der Waals surface area contributed by atoms with Crippen LogP contribution < -0.4 is 5.32 Å². The summed E-state index contributed by atoms with van der Waals surface area (Å²) < 4.78 is 2.94. The topological polar surface area (TPSA) is 83.6 Å². The molecule has 31 heavy (non-hydrogen) atoms. The second-order valence-corrected chi connectivity index (χ2v) is 9.46. The average Bonchev–Trinajstić information content (AvgIpc) is 3.15. The summed E-state index contributed by atoms with van der Waals surface area (Å²) in [6.45, 7) is 6.15. The number of nitrogens with zero attached hydrogens (tertiary/aromatic N) is 4. The highest BCUT2D eigenvalue weighted by Gasteiger charge is 2.30. The van der Waals surface area contributed by atoms with Gasteiger partial charge in [0.05, 0.1) is 18.4 Å². The van der Waals surface area contributed by atoms with Crippen LogP contribution in [-0.2, 0) is 11.3 Å². The van der Waals surface area contributed by atoms with Crippen molar-refractivity contribution in [2.75, 3.05) is 5.75 Å². The maximum absolute atomic E-state index is 12.5. The highest BCUT2D eigenvalue weighted by atomic mass is 79.9. The molecule has 0 aliphatic rings. The van der Waals surface area contributed by atoms with E-state index >= 15 is 0 Å². The molecule has 1 amide bonds. The lowest BCUT2D eigenvalue weighted by Gasteiger charge is -2.27. The molecule has 1 N–H and O–H groups in total. The number of thioether (sulfide) groups is 1. The summed E-state index contributed by atoms with van der Waals surface area (Å²) in [6.07, 6.45) is 0. The Morgan fingerprint density at radius 2 is 1.87 bits per heavy atom. The van der Waals surface area contributed by atoms with Crippen molar-refractivity contribution in [3.8, 4) is 17.5 Å². The zero-order chi connectivity index (χ0) is 22.4. The number of rotatable bonds is 8. The molecular formula is C23H24BrN5OS. The third-order valence-corrected chi connectivity index (χ3v) is 6.79. The van der Waals surface area contributed by atoms with Gasteiger partial charge in [0, 0.05) is 10.0 Å². The molecule has 8 heteroatoms. The molecule has 1 atom stereocenters. The summed E-state index contributed by atoms with van der Waals surface area (Å²) >= 11 is 4.91. The van der Waals surface area contributed by atoms with Gasteiger partial charge in [-0.05, 0) is 24.5 Å². The minimum atomic E-state index is -0.907. The van der Waals surface area contributed by atoms with E-state index in [1.807, 2.05) is 73.0 Å². The molecule has 6 nitrogen and oxygen atoms in total. The fourth-order valence-corrected chi connectivity index (χ4v) is 4.10. The maximum atomic E-state index is 12.5. The van der Waals surface area contributed by atoms with E-state index in [1.54, 1.807) is 6.92 Å². The van der Waals surface area contributed by atoms with E-state index in [2.05, 4.69) is 37.5 Å². The van der Waals surface area contributed by atoms with Crippen LogP contribution in [0, 0.1) is 17.2 Å².